The number of carbonyl (C=O) groups excluding carboxylic acids is 5. The lowest BCUT2D eigenvalue weighted by atomic mass is 10.2. The predicted octanol–water partition coefficient (Wildman–Crippen LogP) is 3.95. The van der Waals surface area contributed by atoms with Crippen LogP contribution in [0.4, 0.5) is 28.4 Å². The van der Waals surface area contributed by atoms with Gasteiger partial charge in [0, 0.05) is 103 Å². The summed E-state index contributed by atoms with van der Waals surface area (Å²) in [6.07, 6.45) is 9.47. The van der Waals surface area contributed by atoms with Crippen molar-refractivity contribution in [3.05, 3.63) is 108 Å². The lowest BCUT2D eigenvalue weighted by Gasteiger charge is -2.22. The van der Waals surface area contributed by atoms with Crippen LogP contribution in [-0.4, -0.2) is 91.7 Å². The zero-order valence-electron chi connectivity index (χ0n) is 33.4. The summed E-state index contributed by atoms with van der Waals surface area (Å²) in [6, 6.07) is 13.8. The third-order valence-electron chi connectivity index (χ3n) is 9.11. The predicted molar refractivity (Wildman–Crippen MR) is 236 cm³/mol. The van der Waals surface area contributed by atoms with Crippen molar-refractivity contribution in [3.8, 4) is 0 Å². The van der Waals surface area contributed by atoms with Crippen LogP contribution in [0.3, 0.4) is 0 Å². The number of alkyl halides is 2. The van der Waals surface area contributed by atoms with Crippen LogP contribution in [0.1, 0.15) is 47.5 Å². The zero-order chi connectivity index (χ0) is 43.5. The van der Waals surface area contributed by atoms with Gasteiger partial charge in [-0.25, -0.2) is 0 Å². The van der Waals surface area contributed by atoms with Crippen molar-refractivity contribution in [2.45, 2.75) is 0 Å². The molecule has 0 saturated heterocycles. The normalized spacial score (nSPS) is 11.0. The Morgan fingerprint density at radius 3 is 1.40 bits per heavy atom. The van der Waals surface area contributed by atoms with Gasteiger partial charge in [-0.1, -0.05) is 12.1 Å². The number of halogens is 2. The average Bonchev–Trinajstić information content (AvgIpc) is 3.97. The van der Waals surface area contributed by atoms with E-state index in [4.69, 9.17) is 34.3 Å². The minimum atomic E-state index is -0.486. The second-order valence-corrected chi connectivity index (χ2v) is 14.4. The van der Waals surface area contributed by atoms with Gasteiger partial charge < -0.3 is 60.8 Å². The van der Waals surface area contributed by atoms with E-state index in [9.17, 15) is 24.0 Å². The minimum absolute atomic E-state index is 0.199. The first kappa shape index (κ1) is 44.2. The van der Waals surface area contributed by atoms with E-state index >= 15 is 0 Å². The molecule has 9 N–H and O–H groups in total. The van der Waals surface area contributed by atoms with Crippen LogP contribution in [-0.2, 0) is 33.0 Å². The number of carbonyl (C=O) groups is 5. The van der Waals surface area contributed by atoms with Crippen molar-refractivity contribution >= 4 is 93.2 Å². The molecule has 0 unspecified atom stereocenters. The van der Waals surface area contributed by atoms with E-state index in [0.717, 1.165) is 11.3 Å². The number of hydrogen-bond acceptors (Lipinski definition) is 7. The Kier molecular flexibility index (Phi) is 14.9. The lowest BCUT2D eigenvalue weighted by Crippen LogP contribution is -2.38. The van der Waals surface area contributed by atoms with Gasteiger partial charge in [-0.15, -0.1) is 23.2 Å². The van der Waals surface area contributed by atoms with E-state index in [1.807, 2.05) is 24.3 Å². The number of anilines is 5. The fourth-order valence-corrected chi connectivity index (χ4v) is 6.62. The number of nitrogens with zero attached hydrogens (tertiary/aromatic N) is 5. The molecule has 0 fully saturated rings. The van der Waals surface area contributed by atoms with Crippen LogP contribution >= 0.6 is 23.2 Å². The Labute approximate surface area is 356 Å². The molecule has 4 aromatic heterocycles. The minimum Gasteiger partial charge on any atom is -0.370 e. The molecule has 0 radical (unpaired) electrons. The number of aryl methyl sites for hydroxylation is 4. The monoisotopic (exact) mass is 859 g/mol. The maximum absolute atomic E-state index is 13.3. The van der Waals surface area contributed by atoms with Gasteiger partial charge in [0.05, 0.1) is 22.7 Å². The van der Waals surface area contributed by atoms with Gasteiger partial charge in [0.15, 0.2) is 5.96 Å². The number of guanidine groups is 1. The molecule has 5 rings (SSSR count). The van der Waals surface area contributed by atoms with E-state index < -0.39 is 17.7 Å². The summed E-state index contributed by atoms with van der Waals surface area (Å²) in [4.78, 5) is 67.2. The molecule has 0 bridgehead atoms. The van der Waals surface area contributed by atoms with Crippen molar-refractivity contribution in [1.29, 1.82) is 5.41 Å². The number of nitrogens with one attached hydrogen (secondary N) is 7. The fourth-order valence-electron chi connectivity index (χ4n) is 6.21. The van der Waals surface area contributed by atoms with Gasteiger partial charge in [-0.3, -0.25) is 29.4 Å². The SMILES string of the molecule is Cn1cc(NC(=O)c2cc(NC(=O)c3cc(NC(=O)c4cc(NC(=O)C=Cc5ccc(N(CCCl)CCCl)cc5)cn4C)cn3C)cn2C)cc1C(=O)NCCNC(=N)N. The molecule has 0 saturated carbocycles. The molecule has 5 amide bonds. The van der Waals surface area contributed by atoms with Gasteiger partial charge >= 0.3 is 0 Å². The quantitative estimate of drug-likeness (QED) is 0.0211. The molecule has 5 aromatic rings. The van der Waals surface area contributed by atoms with Crippen LogP contribution in [0.15, 0.2) is 79.4 Å². The van der Waals surface area contributed by atoms with Crippen LogP contribution in [0, 0.1) is 5.41 Å². The average molecular weight is 861 g/mol. The topological polar surface area (TPSA) is 230 Å². The molecule has 0 aliphatic carbocycles. The summed E-state index contributed by atoms with van der Waals surface area (Å²) in [7, 11) is 6.65. The van der Waals surface area contributed by atoms with E-state index in [1.54, 1.807) is 83.4 Å². The first-order valence-corrected chi connectivity index (χ1v) is 19.6. The molecule has 60 heavy (non-hydrogen) atoms. The highest BCUT2D eigenvalue weighted by molar-refractivity contribution is 6.18. The highest BCUT2D eigenvalue weighted by atomic mass is 35.5. The van der Waals surface area contributed by atoms with Crippen LogP contribution < -0.4 is 42.5 Å². The largest absolute Gasteiger partial charge is 0.370 e. The first-order valence-electron chi connectivity index (χ1n) is 18.6. The van der Waals surface area contributed by atoms with E-state index in [-0.39, 0.29) is 47.9 Å². The molecule has 316 valence electrons. The van der Waals surface area contributed by atoms with Gasteiger partial charge in [-0.05, 0) is 48.0 Å². The smallest absolute Gasteiger partial charge is 0.272 e. The van der Waals surface area contributed by atoms with E-state index in [2.05, 4.69) is 36.8 Å². The molecule has 20 heteroatoms. The molecule has 0 spiro atoms. The molecule has 0 atom stereocenters. The van der Waals surface area contributed by atoms with Crippen molar-refractivity contribution < 1.29 is 24.0 Å². The van der Waals surface area contributed by atoms with Crippen LogP contribution in [0.5, 0.6) is 0 Å². The molecule has 1 aromatic carbocycles. The van der Waals surface area contributed by atoms with Crippen molar-refractivity contribution in [3.63, 3.8) is 0 Å². The maximum Gasteiger partial charge on any atom is 0.272 e. The summed E-state index contributed by atoms with van der Waals surface area (Å²) >= 11 is 11.8. The van der Waals surface area contributed by atoms with Gasteiger partial charge in [0.2, 0.25) is 5.91 Å². The first-order chi connectivity index (χ1) is 28.6. The number of nitrogens with two attached hydrogens (primary N) is 1. The van der Waals surface area contributed by atoms with Crippen molar-refractivity contribution in [2.24, 2.45) is 33.9 Å². The number of hydrogen-bond donors (Lipinski definition) is 8. The van der Waals surface area contributed by atoms with E-state index in [0.29, 0.717) is 53.3 Å². The highest BCUT2D eigenvalue weighted by Gasteiger charge is 2.20. The number of benzene rings is 1. The standard InChI is InChI=1S/C40H47Cl2N13O5/c1-51-22-27(18-31(51)36(57)45-13-14-46-40(43)44)48-38(59)33-20-29(24-53(33)3)50-39(60)34-19-28(23-54(34)4)49-37(58)32-17-26(21-52(32)2)47-35(56)10-7-25-5-8-30(9-6-25)55(15-11-41)16-12-42/h5-10,17-24H,11-16H2,1-4H3,(H,45,57)(H,47,56)(H,48,59)(H,49,58)(H,50,60)(H4,43,44,46). The van der Waals surface area contributed by atoms with Crippen molar-refractivity contribution in [2.75, 3.05) is 64.1 Å². The Balaban J connectivity index is 1.14. The number of amides is 5. The fraction of sp³-hybridized carbons (Fsp3) is 0.250. The highest BCUT2D eigenvalue weighted by Crippen LogP contribution is 2.22. The van der Waals surface area contributed by atoms with E-state index in [1.165, 1.54) is 24.3 Å². The summed E-state index contributed by atoms with van der Waals surface area (Å²) in [5.41, 5.74) is 9.62. The summed E-state index contributed by atoms with van der Waals surface area (Å²) in [6.45, 7) is 1.86. The Bertz CT molecular complexity index is 2400. The van der Waals surface area contributed by atoms with Crippen LogP contribution in [0.2, 0.25) is 0 Å². The van der Waals surface area contributed by atoms with Gasteiger partial charge in [0.1, 0.15) is 22.8 Å². The third kappa shape index (κ3) is 11.6. The molecule has 4 heterocycles. The van der Waals surface area contributed by atoms with Gasteiger partial charge in [0.25, 0.3) is 23.6 Å². The Morgan fingerprint density at radius 2 is 1.00 bits per heavy atom. The number of aromatic nitrogens is 4. The molecule has 0 aliphatic rings. The molecular formula is C40H47Cl2N13O5. The lowest BCUT2D eigenvalue weighted by molar-refractivity contribution is -0.111. The second-order valence-electron chi connectivity index (χ2n) is 13.6. The molecular weight excluding hydrogens is 813 g/mol. The second kappa shape index (κ2) is 20.2. The molecule has 0 aliphatic heterocycles. The Morgan fingerprint density at radius 1 is 0.617 bits per heavy atom. The third-order valence-corrected chi connectivity index (χ3v) is 9.45. The van der Waals surface area contributed by atoms with Crippen molar-refractivity contribution in [1.82, 2.24) is 28.9 Å². The summed E-state index contributed by atoms with van der Waals surface area (Å²) in [5, 5.41) is 23.6. The number of rotatable bonds is 18. The zero-order valence-corrected chi connectivity index (χ0v) is 34.9. The Hall–Kier alpha value is -6.92. The summed E-state index contributed by atoms with van der Waals surface area (Å²) < 4.78 is 6.25. The maximum atomic E-state index is 13.3. The van der Waals surface area contributed by atoms with Gasteiger partial charge in [-0.2, -0.15) is 0 Å². The van der Waals surface area contributed by atoms with Crippen LogP contribution in [0.25, 0.3) is 6.08 Å². The summed E-state index contributed by atoms with van der Waals surface area (Å²) in [5.74, 6) is -1.41. The molecule has 18 nitrogen and oxygen atoms in total.